The zero-order valence-corrected chi connectivity index (χ0v) is 13.8. The van der Waals surface area contributed by atoms with Crippen LogP contribution in [0, 0.1) is 0 Å². The molecule has 0 aromatic carbocycles. The van der Waals surface area contributed by atoms with Crippen molar-refractivity contribution in [2.24, 2.45) is 4.99 Å². The topological polar surface area (TPSA) is 66.0 Å². The summed E-state index contributed by atoms with van der Waals surface area (Å²) in [6.07, 6.45) is 2.57. The predicted molar refractivity (Wildman–Crippen MR) is 85.5 cm³/mol. The Morgan fingerprint density at radius 3 is 2.57 bits per heavy atom. The van der Waals surface area contributed by atoms with Crippen molar-refractivity contribution >= 4 is 11.9 Å². The molecule has 6 nitrogen and oxygen atoms in total. The van der Waals surface area contributed by atoms with Gasteiger partial charge in [0.05, 0.1) is 20.1 Å². The number of carbonyl (C=O) groups is 1. The first-order valence-electron chi connectivity index (χ1n) is 7.92. The minimum absolute atomic E-state index is 0.222. The van der Waals surface area contributed by atoms with Crippen molar-refractivity contribution in [1.29, 1.82) is 0 Å². The van der Waals surface area contributed by atoms with Gasteiger partial charge < -0.3 is 20.3 Å². The number of nitrogens with one attached hydrogen (secondary N) is 2. The molecule has 122 valence electrons. The molecule has 0 saturated carbocycles. The van der Waals surface area contributed by atoms with Crippen molar-refractivity contribution in [3.05, 3.63) is 0 Å². The zero-order chi connectivity index (χ0) is 15.7. The van der Waals surface area contributed by atoms with Crippen LogP contribution in [0.1, 0.15) is 40.0 Å². The first-order chi connectivity index (χ1) is 10.1. The summed E-state index contributed by atoms with van der Waals surface area (Å²) in [6.45, 7) is 10.0. The van der Waals surface area contributed by atoms with E-state index in [2.05, 4.69) is 39.1 Å². The SMILES string of the molecule is CCNC(=NCCC(=O)OC)NC1CCN(C(C)C)CC1. The largest absolute Gasteiger partial charge is 0.469 e. The molecule has 0 spiro atoms. The Labute approximate surface area is 128 Å². The summed E-state index contributed by atoms with van der Waals surface area (Å²) < 4.78 is 4.62. The summed E-state index contributed by atoms with van der Waals surface area (Å²) in [5.74, 6) is 0.573. The zero-order valence-electron chi connectivity index (χ0n) is 13.8. The standard InChI is InChI=1S/C15H30N4O2/c1-5-16-15(17-9-6-14(20)21-4)18-13-7-10-19(11-8-13)12(2)3/h12-13H,5-11H2,1-4H3,(H2,16,17,18). The Balaban J connectivity index is 2.40. The van der Waals surface area contributed by atoms with E-state index in [0.29, 0.717) is 25.0 Å². The summed E-state index contributed by atoms with van der Waals surface area (Å²) in [4.78, 5) is 18.0. The highest BCUT2D eigenvalue weighted by Crippen LogP contribution is 2.12. The quantitative estimate of drug-likeness (QED) is 0.435. The maximum Gasteiger partial charge on any atom is 0.307 e. The van der Waals surface area contributed by atoms with E-state index in [-0.39, 0.29) is 5.97 Å². The van der Waals surface area contributed by atoms with Crippen molar-refractivity contribution in [3.63, 3.8) is 0 Å². The van der Waals surface area contributed by atoms with E-state index in [0.717, 1.165) is 38.4 Å². The minimum Gasteiger partial charge on any atom is -0.469 e. The molecule has 0 aromatic heterocycles. The maximum absolute atomic E-state index is 11.1. The Hall–Kier alpha value is -1.30. The van der Waals surface area contributed by atoms with Gasteiger partial charge >= 0.3 is 5.97 Å². The van der Waals surface area contributed by atoms with Crippen LogP contribution in [-0.4, -0.2) is 62.2 Å². The van der Waals surface area contributed by atoms with Crippen molar-refractivity contribution in [3.8, 4) is 0 Å². The third kappa shape index (κ3) is 6.80. The third-order valence-corrected chi connectivity index (χ3v) is 3.76. The molecule has 1 aliphatic rings. The number of piperidine rings is 1. The lowest BCUT2D eigenvalue weighted by Crippen LogP contribution is -2.49. The second-order valence-electron chi connectivity index (χ2n) is 5.64. The first kappa shape index (κ1) is 17.8. The molecule has 0 bridgehead atoms. The van der Waals surface area contributed by atoms with Crippen LogP contribution >= 0.6 is 0 Å². The van der Waals surface area contributed by atoms with E-state index in [1.165, 1.54) is 7.11 Å². The Kier molecular flexibility index (Phi) is 8.12. The van der Waals surface area contributed by atoms with Gasteiger partial charge in [0.2, 0.25) is 0 Å². The van der Waals surface area contributed by atoms with Gasteiger partial charge in [-0.3, -0.25) is 9.79 Å². The Morgan fingerprint density at radius 1 is 1.38 bits per heavy atom. The lowest BCUT2D eigenvalue weighted by Gasteiger charge is -2.35. The summed E-state index contributed by atoms with van der Waals surface area (Å²) >= 11 is 0. The lowest BCUT2D eigenvalue weighted by molar-refractivity contribution is -0.140. The number of rotatable bonds is 6. The van der Waals surface area contributed by atoms with Gasteiger partial charge in [-0.25, -0.2) is 0 Å². The lowest BCUT2D eigenvalue weighted by atomic mass is 10.0. The van der Waals surface area contributed by atoms with Crippen LogP contribution in [0.25, 0.3) is 0 Å². The van der Waals surface area contributed by atoms with Gasteiger partial charge in [0, 0.05) is 31.7 Å². The van der Waals surface area contributed by atoms with Crippen LogP contribution in [0.4, 0.5) is 0 Å². The number of hydrogen-bond acceptors (Lipinski definition) is 4. The second kappa shape index (κ2) is 9.60. The number of likely N-dealkylation sites (tertiary alicyclic amines) is 1. The molecule has 0 aromatic rings. The van der Waals surface area contributed by atoms with Crippen molar-refractivity contribution in [2.75, 3.05) is 33.3 Å². The number of esters is 1. The van der Waals surface area contributed by atoms with Gasteiger partial charge in [0.1, 0.15) is 0 Å². The molecule has 6 heteroatoms. The molecule has 1 saturated heterocycles. The van der Waals surface area contributed by atoms with Gasteiger partial charge in [-0.15, -0.1) is 0 Å². The molecule has 1 heterocycles. The van der Waals surface area contributed by atoms with Gasteiger partial charge in [0.15, 0.2) is 5.96 Å². The fourth-order valence-corrected chi connectivity index (χ4v) is 2.43. The maximum atomic E-state index is 11.1. The van der Waals surface area contributed by atoms with E-state index in [1.54, 1.807) is 0 Å². The first-order valence-corrected chi connectivity index (χ1v) is 7.92. The number of carbonyl (C=O) groups excluding carboxylic acids is 1. The van der Waals surface area contributed by atoms with Crippen LogP contribution in [0.2, 0.25) is 0 Å². The fourth-order valence-electron chi connectivity index (χ4n) is 2.43. The summed E-state index contributed by atoms with van der Waals surface area (Å²) in [5.41, 5.74) is 0. The molecule has 1 fully saturated rings. The van der Waals surface area contributed by atoms with Gasteiger partial charge in [0.25, 0.3) is 0 Å². The molecule has 21 heavy (non-hydrogen) atoms. The van der Waals surface area contributed by atoms with Gasteiger partial charge in [-0.1, -0.05) is 0 Å². The van der Waals surface area contributed by atoms with E-state index in [9.17, 15) is 4.79 Å². The smallest absolute Gasteiger partial charge is 0.307 e. The van der Waals surface area contributed by atoms with E-state index < -0.39 is 0 Å². The van der Waals surface area contributed by atoms with Crippen LogP contribution in [0.15, 0.2) is 4.99 Å². The van der Waals surface area contributed by atoms with E-state index in [4.69, 9.17) is 0 Å². The Morgan fingerprint density at radius 2 is 2.05 bits per heavy atom. The third-order valence-electron chi connectivity index (χ3n) is 3.76. The number of nitrogens with zero attached hydrogens (tertiary/aromatic N) is 2. The van der Waals surface area contributed by atoms with Crippen molar-refractivity contribution < 1.29 is 9.53 Å². The van der Waals surface area contributed by atoms with Crippen molar-refractivity contribution in [2.45, 2.75) is 52.1 Å². The molecule has 0 unspecified atom stereocenters. The monoisotopic (exact) mass is 298 g/mol. The fraction of sp³-hybridized carbons (Fsp3) is 0.867. The highest BCUT2D eigenvalue weighted by Gasteiger charge is 2.21. The summed E-state index contributed by atoms with van der Waals surface area (Å²) in [5, 5.41) is 6.70. The number of aliphatic imine (C=N–C) groups is 1. The van der Waals surface area contributed by atoms with Crippen LogP contribution < -0.4 is 10.6 Å². The average Bonchev–Trinajstić information content (AvgIpc) is 2.47. The highest BCUT2D eigenvalue weighted by molar-refractivity contribution is 5.80. The molecule has 1 rings (SSSR count). The predicted octanol–water partition coefficient (Wildman–Crippen LogP) is 0.977. The number of hydrogen-bond donors (Lipinski definition) is 2. The number of methoxy groups -OCH3 is 1. The molecular weight excluding hydrogens is 268 g/mol. The molecular formula is C15H30N4O2. The summed E-state index contributed by atoms with van der Waals surface area (Å²) in [6, 6.07) is 1.07. The summed E-state index contributed by atoms with van der Waals surface area (Å²) in [7, 11) is 1.40. The molecule has 0 radical (unpaired) electrons. The molecule has 2 N–H and O–H groups in total. The van der Waals surface area contributed by atoms with Gasteiger partial charge in [-0.2, -0.15) is 0 Å². The molecule has 0 amide bonds. The number of ether oxygens (including phenoxy) is 1. The van der Waals surface area contributed by atoms with E-state index in [1.807, 2.05) is 6.92 Å². The van der Waals surface area contributed by atoms with Crippen LogP contribution in [-0.2, 0) is 9.53 Å². The van der Waals surface area contributed by atoms with Crippen LogP contribution in [0.5, 0.6) is 0 Å². The van der Waals surface area contributed by atoms with E-state index >= 15 is 0 Å². The van der Waals surface area contributed by atoms with Crippen molar-refractivity contribution in [1.82, 2.24) is 15.5 Å². The molecule has 0 aliphatic carbocycles. The minimum atomic E-state index is -0.222. The normalized spacial score (nSPS) is 17.9. The molecule has 1 aliphatic heterocycles. The van der Waals surface area contributed by atoms with Gasteiger partial charge in [-0.05, 0) is 33.6 Å². The second-order valence-corrected chi connectivity index (χ2v) is 5.64. The average molecular weight is 298 g/mol. The van der Waals surface area contributed by atoms with Crippen LogP contribution in [0.3, 0.4) is 0 Å². The molecule has 0 atom stereocenters. The Bertz CT molecular complexity index is 337. The highest BCUT2D eigenvalue weighted by atomic mass is 16.5. The number of guanidine groups is 1.